The molecule has 0 saturated carbocycles. The second-order valence-corrected chi connectivity index (χ2v) is 7.18. The highest BCUT2D eigenvalue weighted by Crippen LogP contribution is 2.35. The van der Waals surface area contributed by atoms with Gasteiger partial charge < -0.3 is 4.90 Å². The first kappa shape index (κ1) is 13.6. The van der Waals surface area contributed by atoms with Gasteiger partial charge in [-0.3, -0.25) is 4.57 Å². The molecule has 4 rings (SSSR count). The summed E-state index contributed by atoms with van der Waals surface area (Å²) in [6.07, 6.45) is 1.08. The molecule has 0 unspecified atom stereocenters. The third kappa shape index (κ3) is 2.25. The van der Waals surface area contributed by atoms with E-state index in [1.165, 1.54) is 26.4 Å². The van der Waals surface area contributed by atoms with E-state index in [4.69, 9.17) is 0 Å². The average molecular weight is 306 g/mol. The Bertz CT molecular complexity index is 890. The van der Waals surface area contributed by atoms with E-state index in [1.807, 2.05) is 29.5 Å². The fourth-order valence-corrected chi connectivity index (χ4v) is 4.19. The molecule has 0 saturated heterocycles. The van der Waals surface area contributed by atoms with Gasteiger partial charge in [-0.2, -0.15) is 0 Å². The number of fused-ring (bicyclic) bond motifs is 3. The third-order valence-corrected chi connectivity index (χ3v) is 5.31. The third-order valence-electron chi connectivity index (χ3n) is 4.21. The zero-order chi connectivity index (χ0) is 15.1. The summed E-state index contributed by atoms with van der Waals surface area (Å²) in [4.78, 5) is 3.75. The van der Waals surface area contributed by atoms with E-state index in [-0.39, 0.29) is 0 Å². The van der Waals surface area contributed by atoms with Gasteiger partial charge >= 0.3 is 0 Å². The molecular weight excluding hydrogens is 288 g/mol. The molecule has 3 heterocycles. The van der Waals surface area contributed by atoms with Crippen molar-refractivity contribution in [2.75, 3.05) is 13.6 Å². The molecule has 0 aliphatic carbocycles. The highest BCUT2D eigenvalue weighted by atomic mass is 32.1. The Morgan fingerprint density at radius 3 is 2.82 bits per heavy atom. The van der Waals surface area contributed by atoms with Crippen LogP contribution in [0.2, 0.25) is 0 Å². The minimum Gasteiger partial charge on any atom is -0.302 e. The summed E-state index contributed by atoms with van der Waals surface area (Å²) in [5, 5.41) is 0. The first-order valence-electron chi connectivity index (χ1n) is 7.60. The van der Waals surface area contributed by atoms with Crippen molar-refractivity contribution in [3.05, 3.63) is 58.1 Å². The van der Waals surface area contributed by atoms with Crippen LogP contribution in [0.25, 0.3) is 10.2 Å². The van der Waals surface area contributed by atoms with Gasteiger partial charge in [0.1, 0.15) is 0 Å². The van der Waals surface area contributed by atoms with E-state index in [2.05, 4.69) is 53.6 Å². The zero-order valence-corrected chi connectivity index (χ0v) is 13.7. The van der Waals surface area contributed by atoms with E-state index in [0.717, 1.165) is 25.1 Å². The fraction of sp³-hybridized carbons (Fsp3) is 0.263. The van der Waals surface area contributed by atoms with Crippen LogP contribution in [0.5, 0.6) is 0 Å². The number of aryl methyl sites for hydroxylation is 1. The Labute approximate surface area is 135 Å². The van der Waals surface area contributed by atoms with Gasteiger partial charge in [0.2, 0.25) is 0 Å². The lowest BCUT2D eigenvalue weighted by molar-refractivity contribution is 0.312. The molecule has 0 N–H and O–H groups in total. The molecule has 0 amide bonds. The van der Waals surface area contributed by atoms with Gasteiger partial charge in [-0.1, -0.05) is 18.2 Å². The van der Waals surface area contributed by atoms with E-state index >= 15 is 0 Å². The van der Waals surface area contributed by atoms with Crippen LogP contribution in [0.3, 0.4) is 0 Å². The molecule has 3 heteroatoms. The molecule has 2 nitrogen and oxygen atoms in total. The van der Waals surface area contributed by atoms with Gasteiger partial charge in [-0.05, 0) is 38.1 Å². The molecule has 0 fully saturated rings. The predicted octanol–water partition coefficient (Wildman–Crippen LogP) is 3.86. The molecular formula is C19H18N2S. The van der Waals surface area contributed by atoms with E-state index in [9.17, 15) is 0 Å². The summed E-state index contributed by atoms with van der Waals surface area (Å²) < 4.78 is 3.65. The van der Waals surface area contributed by atoms with Crippen molar-refractivity contribution >= 4 is 21.6 Å². The van der Waals surface area contributed by atoms with Crippen LogP contribution in [0.15, 0.2) is 36.4 Å². The van der Waals surface area contributed by atoms with Crippen molar-refractivity contribution in [2.24, 2.45) is 0 Å². The lowest BCUT2D eigenvalue weighted by Crippen LogP contribution is -2.26. The quantitative estimate of drug-likeness (QED) is 0.573. The zero-order valence-electron chi connectivity index (χ0n) is 12.9. The highest BCUT2D eigenvalue weighted by molar-refractivity contribution is 7.19. The van der Waals surface area contributed by atoms with Gasteiger partial charge in [0.25, 0.3) is 0 Å². The van der Waals surface area contributed by atoms with Crippen molar-refractivity contribution in [3.63, 3.8) is 0 Å². The van der Waals surface area contributed by atoms with Crippen LogP contribution in [0.4, 0.5) is 0 Å². The number of hydrogen-bond acceptors (Lipinski definition) is 2. The van der Waals surface area contributed by atoms with Crippen LogP contribution in [-0.2, 0) is 13.0 Å². The van der Waals surface area contributed by atoms with Gasteiger partial charge in [0.15, 0.2) is 0 Å². The maximum absolute atomic E-state index is 3.40. The maximum atomic E-state index is 3.40. The molecule has 22 heavy (non-hydrogen) atoms. The van der Waals surface area contributed by atoms with Gasteiger partial charge in [0.05, 0.1) is 10.2 Å². The van der Waals surface area contributed by atoms with Crippen LogP contribution in [0, 0.1) is 18.9 Å². The van der Waals surface area contributed by atoms with Crippen molar-refractivity contribution in [1.82, 2.24) is 9.47 Å². The Kier molecular flexibility index (Phi) is 3.29. The molecule has 0 spiro atoms. The number of nitrogens with zero attached hydrogens (tertiary/aromatic N) is 2. The standard InChI is InChI=1S/C19H18N2S/c1-14-12-18-19(22-14)16-13-20(2)10-9-17(16)21(18)11-8-15-6-4-3-5-7-15/h3-7,12H,9-10,13H2,1-2H3. The minimum atomic E-state index is 1.03. The number of rotatable bonds is 0. The summed E-state index contributed by atoms with van der Waals surface area (Å²) in [5.74, 6) is 3.31. The number of hydrogen-bond donors (Lipinski definition) is 0. The van der Waals surface area contributed by atoms with E-state index < -0.39 is 0 Å². The Hall–Kier alpha value is -2.02. The second-order valence-electron chi connectivity index (χ2n) is 5.92. The lowest BCUT2D eigenvalue weighted by Gasteiger charge is -2.23. The summed E-state index contributed by atoms with van der Waals surface area (Å²) in [7, 11) is 2.20. The summed E-state index contributed by atoms with van der Waals surface area (Å²) in [6, 6.07) is 15.9. The molecule has 0 bridgehead atoms. The van der Waals surface area contributed by atoms with Gasteiger partial charge in [-0.15, -0.1) is 11.3 Å². The van der Waals surface area contributed by atoms with Crippen molar-refractivity contribution in [1.29, 1.82) is 0 Å². The largest absolute Gasteiger partial charge is 0.302 e. The Morgan fingerprint density at radius 1 is 1.18 bits per heavy atom. The molecule has 1 aliphatic heterocycles. The van der Waals surface area contributed by atoms with Gasteiger partial charge in [0, 0.05) is 47.3 Å². The minimum absolute atomic E-state index is 1.03. The highest BCUT2D eigenvalue weighted by Gasteiger charge is 2.23. The molecule has 0 atom stereocenters. The van der Waals surface area contributed by atoms with Crippen molar-refractivity contribution in [3.8, 4) is 12.0 Å². The van der Waals surface area contributed by atoms with Crippen LogP contribution in [0.1, 0.15) is 21.7 Å². The smallest absolute Gasteiger partial charge is 0.0728 e. The van der Waals surface area contributed by atoms with Crippen LogP contribution in [-0.4, -0.2) is 23.1 Å². The molecule has 1 aliphatic rings. The molecule has 3 aromatic rings. The van der Waals surface area contributed by atoms with Crippen LogP contribution >= 0.6 is 11.3 Å². The second kappa shape index (κ2) is 5.31. The normalized spacial score (nSPS) is 14.6. The van der Waals surface area contributed by atoms with Crippen LogP contribution < -0.4 is 0 Å². The average Bonchev–Trinajstić information content (AvgIpc) is 3.02. The van der Waals surface area contributed by atoms with E-state index in [0.29, 0.717) is 0 Å². The predicted molar refractivity (Wildman–Crippen MR) is 93.3 cm³/mol. The summed E-state index contributed by atoms with van der Waals surface area (Å²) in [5.41, 5.74) is 5.23. The number of thiophene rings is 1. The lowest BCUT2D eigenvalue weighted by atomic mass is 10.1. The molecule has 2 aromatic heterocycles. The maximum Gasteiger partial charge on any atom is 0.0728 e. The Morgan fingerprint density at radius 2 is 2.00 bits per heavy atom. The number of aromatic nitrogens is 1. The molecule has 110 valence electrons. The molecule has 0 radical (unpaired) electrons. The van der Waals surface area contributed by atoms with Crippen molar-refractivity contribution in [2.45, 2.75) is 19.9 Å². The number of benzene rings is 1. The number of likely N-dealkylation sites (N-methyl/N-ethyl adjacent to an activating group) is 1. The Balaban J connectivity index is 1.89. The van der Waals surface area contributed by atoms with E-state index in [1.54, 1.807) is 0 Å². The summed E-state index contributed by atoms with van der Waals surface area (Å²) >= 11 is 1.90. The van der Waals surface area contributed by atoms with Gasteiger partial charge in [-0.25, -0.2) is 0 Å². The first-order valence-corrected chi connectivity index (χ1v) is 8.42. The SMILES string of the molecule is Cc1cc2c(s1)c1c(n2C#Cc2ccccc2)CCN(C)C1. The first-order chi connectivity index (χ1) is 10.7. The monoisotopic (exact) mass is 306 g/mol. The van der Waals surface area contributed by atoms with Crippen molar-refractivity contribution < 1.29 is 0 Å². The summed E-state index contributed by atoms with van der Waals surface area (Å²) in [6.45, 7) is 4.32. The molecule has 1 aromatic carbocycles. The fourth-order valence-electron chi connectivity index (χ4n) is 3.14. The topological polar surface area (TPSA) is 8.17 Å².